The summed E-state index contributed by atoms with van der Waals surface area (Å²) in [6.45, 7) is 4.42. The van der Waals surface area contributed by atoms with E-state index >= 15 is 0 Å². The third-order valence-electron chi connectivity index (χ3n) is 4.57. The standard InChI is InChI=1S/C19H23NO2S/c1-15-8-12-19(13-9-15)23(21,22)20(16(2)18-10-11-18)14-17-6-4-3-5-7-17/h3-9,12-13,16,18H,10-11,14H2,1-2H3/t16-/m1/s1. The summed E-state index contributed by atoms with van der Waals surface area (Å²) < 4.78 is 28.0. The Morgan fingerprint density at radius 2 is 1.65 bits per heavy atom. The highest BCUT2D eigenvalue weighted by Crippen LogP contribution is 2.37. The smallest absolute Gasteiger partial charge is 0.207 e. The molecule has 0 radical (unpaired) electrons. The molecule has 0 N–H and O–H groups in total. The Balaban J connectivity index is 1.94. The molecule has 122 valence electrons. The van der Waals surface area contributed by atoms with Crippen LogP contribution in [0.5, 0.6) is 0 Å². The molecule has 4 heteroatoms. The molecule has 2 aromatic carbocycles. The van der Waals surface area contributed by atoms with Gasteiger partial charge in [0, 0.05) is 12.6 Å². The third-order valence-corrected chi connectivity index (χ3v) is 6.51. The second kappa shape index (κ2) is 6.46. The molecule has 2 aromatic rings. The van der Waals surface area contributed by atoms with Crippen molar-refractivity contribution in [2.24, 2.45) is 5.92 Å². The molecule has 1 atom stereocenters. The first-order valence-corrected chi connectivity index (χ1v) is 9.55. The van der Waals surface area contributed by atoms with Gasteiger partial charge in [0.25, 0.3) is 0 Å². The second-order valence-corrected chi connectivity index (χ2v) is 8.32. The largest absolute Gasteiger partial charge is 0.243 e. The van der Waals surface area contributed by atoms with Gasteiger partial charge in [0.2, 0.25) is 10.0 Å². The molecular weight excluding hydrogens is 306 g/mol. The second-order valence-electron chi connectivity index (χ2n) is 6.43. The number of hydrogen-bond donors (Lipinski definition) is 0. The lowest BCUT2D eigenvalue weighted by Crippen LogP contribution is -2.39. The summed E-state index contributed by atoms with van der Waals surface area (Å²) >= 11 is 0. The van der Waals surface area contributed by atoms with Crippen LogP contribution in [0.1, 0.15) is 30.9 Å². The molecule has 1 aliphatic rings. The molecule has 1 saturated carbocycles. The Morgan fingerprint density at radius 1 is 1.04 bits per heavy atom. The lowest BCUT2D eigenvalue weighted by molar-refractivity contribution is 0.303. The fourth-order valence-corrected chi connectivity index (χ4v) is 4.55. The first kappa shape index (κ1) is 16.2. The molecule has 0 amide bonds. The van der Waals surface area contributed by atoms with E-state index in [-0.39, 0.29) is 6.04 Å². The van der Waals surface area contributed by atoms with Crippen molar-refractivity contribution in [2.45, 2.75) is 44.2 Å². The molecule has 1 aliphatic carbocycles. The minimum Gasteiger partial charge on any atom is -0.207 e. The van der Waals surface area contributed by atoms with Gasteiger partial charge in [0.05, 0.1) is 4.90 Å². The highest BCUT2D eigenvalue weighted by molar-refractivity contribution is 7.89. The molecule has 0 aromatic heterocycles. The summed E-state index contributed by atoms with van der Waals surface area (Å²) in [6.07, 6.45) is 2.24. The molecule has 0 bridgehead atoms. The van der Waals surface area contributed by atoms with Crippen molar-refractivity contribution >= 4 is 10.0 Å². The van der Waals surface area contributed by atoms with Crippen molar-refractivity contribution in [3.05, 3.63) is 65.7 Å². The van der Waals surface area contributed by atoms with Gasteiger partial charge < -0.3 is 0 Å². The maximum Gasteiger partial charge on any atom is 0.243 e. The van der Waals surface area contributed by atoms with E-state index in [2.05, 4.69) is 0 Å². The van der Waals surface area contributed by atoms with Gasteiger partial charge in [-0.25, -0.2) is 8.42 Å². The van der Waals surface area contributed by atoms with Gasteiger partial charge in [-0.15, -0.1) is 0 Å². The lowest BCUT2D eigenvalue weighted by Gasteiger charge is -2.28. The monoisotopic (exact) mass is 329 g/mol. The van der Waals surface area contributed by atoms with E-state index in [1.54, 1.807) is 16.4 Å². The van der Waals surface area contributed by atoms with Gasteiger partial charge in [-0.05, 0) is 50.3 Å². The van der Waals surface area contributed by atoms with Crippen LogP contribution in [0, 0.1) is 12.8 Å². The fourth-order valence-electron chi connectivity index (χ4n) is 2.87. The van der Waals surface area contributed by atoms with E-state index < -0.39 is 10.0 Å². The van der Waals surface area contributed by atoms with Gasteiger partial charge in [-0.3, -0.25) is 0 Å². The Bertz CT molecular complexity index is 750. The van der Waals surface area contributed by atoms with Crippen molar-refractivity contribution in [3.8, 4) is 0 Å². The molecule has 3 nitrogen and oxygen atoms in total. The highest BCUT2D eigenvalue weighted by Gasteiger charge is 2.38. The summed E-state index contributed by atoms with van der Waals surface area (Å²) in [5, 5.41) is 0. The molecule has 0 aliphatic heterocycles. The maximum absolute atomic E-state index is 13.1. The van der Waals surface area contributed by atoms with E-state index in [1.165, 1.54) is 0 Å². The Hall–Kier alpha value is -1.65. The van der Waals surface area contributed by atoms with Gasteiger partial charge >= 0.3 is 0 Å². The predicted octanol–water partition coefficient (Wildman–Crippen LogP) is 3.98. The quantitative estimate of drug-likeness (QED) is 0.804. The normalized spacial score (nSPS) is 16.5. The average molecular weight is 329 g/mol. The summed E-state index contributed by atoms with van der Waals surface area (Å²) in [6, 6.07) is 17.0. The number of benzene rings is 2. The van der Waals surface area contributed by atoms with E-state index in [4.69, 9.17) is 0 Å². The van der Waals surface area contributed by atoms with Crippen molar-refractivity contribution in [3.63, 3.8) is 0 Å². The van der Waals surface area contributed by atoms with Crippen molar-refractivity contribution in [1.29, 1.82) is 0 Å². The summed E-state index contributed by atoms with van der Waals surface area (Å²) in [5.41, 5.74) is 2.09. The average Bonchev–Trinajstić information content (AvgIpc) is 3.38. The summed E-state index contributed by atoms with van der Waals surface area (Å²) in [7, 11) is -3.49. The van der Waals surface area contributed by atoms with Crippen LogP contribution in [-0.2, 0) is 16.6 Å². The van der Waals surface area contributed by atoms with Crippen molar-refractivity contribution in [2.75, 3.05) is 0 Å². The molecule has 0 heterocycles. The molecule has 1 fully saturated rings. The van der Waals surface area contributed by atoms with Crippen LogP contribution in [0.15, 0.2) is 59.5 Å². The van der Waals surface area contributed by atoms with Gasteiger partial charge in [-0.2, -0.15) is 4.31 Å². The molecule has 0 unspecified atom stereocenters. The fraction of sp³-hybridized carbons (Fsp3) is 0.368. The molecule has 3 rings (SSSR count). The number of hydrogen-bond acceptors (Lipinski definition) is 2. The van der Waals surface area contributed by atoms with Crippen LogP contribution in [0.25, 0.3) is 0 Å². The Kier molecular flexibility index (Phi) is 4.55. The Morgan fingerprint density at radius 3 is 2.22 bits per heavy atom. The molecule has 0 saturated heterocycles. The van der Waals surface area contributed by atoms with E-state index in [1.807, 2.05) is 56.3 Å². The predicted molar refractivity (Wildman–Crippen MR) is 92.5 cm³/mol. The van der Waals surface area contributed by atoms with Crippen LogP contribution in [0.4, 0.5) is 0 Å². The topological polar surface area (TPSA) is 37.4 Å². The number of sulfonamides is 1. The van der Waals surface area contributed by atoms with Gasteiger partial charge in [0.15, 0.2) is 0 Å². The maximum atomic E-state index is 13.1. The van der Waals surface area contributed by atoms with Crippen LogP contribution in [0.2, 0.25) is 0 Å². The van der Waals surface area contributed by atoms with E-state index in [0.29, 0.717) is 17.4 Å². The van der Waals surface area contributed by atoms with Gasteiger partial charge in [0.1, 0.15) is 0 Å². The SMILES string of the molecule is Cc1ccc(S(=O)(=O)N(Cc2ccccc2)[C@H](C)C2CC2)cc1. The van der Waals surface area contributed by atoms with Crippen LogP contribution in [-0.4, -0.2) is 18.8 Å². The first-order chi connectivity index (χ1) is 11.0. The number of rotatable bonds is 6. The van der Waals surface area contributed by atoms with Crippen LogP contribution in [0.3, 0.4) is 0 Å². The third kappa shape index (κ3) is 3.65. The number of nitrogens with zero attached hydrogens (tertiary/aromatic N) is 1. The minimum atomic E-state index is -3.49. The zero-order valence-corrected chi connectivity index (χ0v) is 14.5. The van der Waals surface area contributed by atoms with Crippen molar-refractivity contribution < 1.29 is 8.42 Å². The highest BCUT2D eigenvalue weighted by atomic mass is 32.2. The first-order valence-electron chi connectivity index (χ1n) is 8.11. The van der Waals surface area contributed by atoms with Gasteiger partial charge in [-0.1, -0.05) is 48.0 Å². The van der Waals surface area contributed by atoms with Crippen molar-refractivity contribution in [1.82, 2.24) is 4.31 Å². The zero-order valence-electron chi connectivity index (χ0n) is 13.6. The number of aryl methyl sites for hydroxylation is 1. The van der Waals surface area contributed by atoms with E-state index in [0.717, 1.165) is 24.0 Å². The van der Waals surface area contributed by atoms with Crippen LogP contribution >= 0.6 is 0 Å². The molecule has 0 spiro atoms. The molecular formula is C19H23NO2S. The summed E-state index contributed by atoms with van der Waals surface area (Å²) in [5.74, 6) is 0.485. The lowest BCUT2D eigenvalue weighted by atomic mass is 10.2. The molecule has 23 heavy (non-hydrogen) atoms. The minimum absolute atomic E-state index is 0.0292. The zero-order chi connectivity index (χ0) is 16.4. The summed E-state index contributed by atoms with van der Waals surface area (Å²) in [4.78, 5) is 0.381. The van der Waals surface area contributed by atoms with Crippen LogP contribution < -0.4 is 0 Å². The van der Waals surface area contributed by atoms with E-state index in [9.17, 15) is 8.42 Å². The Labute approximate surface area is 139 Å².